The minimum Gasteiger partial charge on any atom is -0.461 e. The summed E-state index contributed by atoms with van der Waals surface area (Å²) >= 11 is 3.14. The van der Waals surface area contributed by atoms with E-state index >= 15 is 0 Å². The summed E-state index contributed by atoms with van der Waals surface area (Å²) in [7, 11) is 0. The van der Waals surface area contributed by atoms with Crippen LogP contribution >= 0.6 is 15.9 Å². The van der Waals surface area contributed by atoms with E-state index in [1.807, 2.05) is 0 Å². The lowest BCUT2D eigenvalue weighted by Crippen LogP contribution is -2.28. The molecule has 1 radical (unpaired) electrons. The lowest BCUT2D eigenvalue weighted by molar-refractivity contribution is 0.0514. The maximum absolute atomic E-state index is 13.1. The Labute approximate surface area is 133 Å². The average Bonchev–Trinajstić information content (AvgIpc) is 2.50. The molecule has 22 heavy (non-hydrogen) atoms. The Morgan fingerprint density at radius 1 is 1.36 bits per heavy atom. The van der Waals surface area contributed by atoms with E-state index in [4.69, 9.17) is 4.74 Å². The molecule has 7 heteroatoms. The van der Waals surface area contributed by atoms with E-state index < -0.39 is 17.3 Å². The minimum absolute atomic E-state index is 0.0857. The van der Waals surface area contributed by atoms with Crippen molar-refractivity contribution in [2.75, 3.05) is 6.61 Å². The maximum Gasteiger partial charge on any atom is 0.356 e. The number of ether oxygens (including phenoxy) is 1. The second kappa shape index (κ2) is 6.65. The van der Waals surface area contributed by atoms with Gasteiger partial charge in [0.15, 0.2) is 0 Å². The number of benzene rings is 1. The van der Waals surface area contributed by atoms with Gasteiger partial charge in [-0.05, 0) is 53.2 Å². The average molecular weight is 367 g/mol. The summed E-state index contributed by atoms with van der Waals surface area (Å²) in [5, 5.41) is 0. The van der Waals surface area contributed by atoms with Crippen molar-refractivity contribution in [3.8, 4) is 5.69 Å². The van der Waals surface area contributed by atoms with E-state index in [2.05, 4.69) is 15.9 Å². The summed E-state index contributed by atoms with van der Waals surface area (Å²) in [5.74, 6) is -1.24. The van der Waals surface area contributed by atoms with Crippen LogP contribution in [0.25, 0.3) is 5.69 Å². The fourth-order valence-electron chi connectivity index (χ4n) is 1.88. The molecule has 0 fully saturated rings. The molecule has 0 bridgehead atoms. The summed E-state index contributed by atoms with van der Waals surface area (Å²) in [5.41, 5.74) is -0.859. The number of carbonyl (C=O) groups is 1. The molecule has 0 saturated heterocycles. The molecule has 2 aromatic rings. The Hall–Kier alpha value is -2.28. The minimum atomic E-state index is -0.743. The van der Waals surface area contributed by atoms with E-state index in [0.29, 0.717) is 0 Å². The van der Waals surface area contributed by atoms with Crippen LogP contribution in [0.1, 0.15) is 23.0 Å². The normalized spacial score (nSPS) is 10.3. The number of halogens is 2. The molecule has 0 aliphatic heterocycles. The van der Waals surface area contributed by atoms with Gasteiger partial charge in [-0.15, -0.1) is 0 Å². The summed E-state index contributed by atoms with van der Waals surface area (Å²) in [4.78, 5) is 35.3. The van der Waals surface area contributed by atoms with Gasteiger partial charge < -0.3 is 4.74 Å². The van der Waals surface area contributed by atoms with Crippen molar-refractivity contribution in [3.63, 3.8) is 0 Å². The zero-order valence-electron chi connectivity index (χ0n) is 11.4. The third-order valence-corrected chi connectivity index (χ3v) is 3.42. The summed E-state index contributed by atoms with van der Waals surface area (Å²) in [6.07, 6.45) is 1.52. The molecule has 5 nitrogen and oxygen atoms in total. The molecule has 2 rings (SSSR count). The first kappa shape index (κ1) is 16.1. The van der Waals surface area contributed by atoms with Crippen LogP contribution in [0.15, 0.2) is 39.6 Å². The van der Waals surface area contributed by atoms with E-state index in [9.17, 15) is 18.8 Å². The molecule has 0 atom stereocenters. The number of esters is 1. The van der Waals surface area contributed by atoms with E-state index in [1.54, 1.807) is 6.92 Å². The first-order valence-electron chi connectivity index (χ1n) is 6.26. The van der Waals surface area contributed by atoms with Gasteiger partial charge in [0, 0.05) is 5.69 Å². The zero-order valence-corrected chi connectivity index (χ0v) is 13.0. The molecule has 0 spiro atoms. The lowest BCUT2D eigenvalue weighted by atomic mass is 10.2. The summed E-state index contributed by atoms with van der Waals surface area (Å²) < 4.78 is 19.2. The molecule has 0 aliphatic carbocycles. The van der Waals surface area contributed by atoms with Crippen LogP contribution in [0.4, 0.5) is 4.39 Å². The second-order valence-electron chi connectivity index (χ2n) is 4.19. The third kappa shape index (κ3) is 2.99. The molecule has 0 amide bonds. The first-order valence-corrected chi connectivity index (χ1v) is 7.05. The number of carbonyl (C=O) groups excluding carboxylic acids is 2. The van der Waals surface area contributed by atoms with Crippen molar-refractivity contribution in [1.82, 2.24) is 4.57 Å². The molecule has 113 valence electrons. The number of hydrogen-bond acceptors (Lipinski definition) is 4. The lowest BCUT2D eigenvalue weighted by Gasteiger charge is -2.14. The van der Waals surface area contributed by atoms with Gasteiger partial charge in [0.1, 0.15) is 11.5 Å². The van der Waals surface area contributed by atoms with Gasteiger partial charge in [-0.1, -0.05) is 0 Å². The van der Waals surface area contributed by atoms with Crippen LogP contribution in [0.3, 0.4) is 0 Å². The Balaban J connectivity index is 2.80. The SMILES string of the molecule is CCOC(=O)c1c(Br)cc([C]=O)c(=O)n1-c1ccc(F)cc1. The van der Waals surface area contributed by atoms with Gasteiger partial charge in [-0.2, -0.15) is 0 Å². The van der Waals surface area contributed by atoms with Crippen LogP contribution in [-0.2, 0) is 9.53 Å². The van der Waals surface area contributed by atoms with Gasteiger partial charge >= 0.3 is 5.97 Å². The van der Waals surface area contributed by atoms with Crippen molar-refractivity contribution in [3.05, 3.63) is 62.2 Å². The van der Waals surface area contributed by atoms with E-state index in [0.717, 1.165) is 16.7 Å². The standard InChI is InChI=1S/C15H10BrFNO4/c1-2-22-15(21)13-12(16)7-9(8-19)14(20)18(13)11-5-3-10(17)4-6-11/h3-7H,2H2,1H3. The van der Waals surface area contributed by atoms with E-state index in [1.165, 1.54) is 24.5 Å². The van der Waals surface area contributed by atoms with Gasteiger partial charge in [-0.25, -0.2) is 9.18 Å². The highest BCUT2D eigenvalue weighted by molar-refractivity contribution is 9.10. The number of nitrogens with zero attached hydrogens (tertiary/aromatic N) is 1. The molecular formula is C15H10BrFNO4. The molecule has 0 N–H and O–H groups in total. The maximum atomic E-state index is 13.1. The zero-order chi connectivity index (χ0) is 16.3. The topological polar surface area (TPSA) is 65.4 Å². The fraction of sp³-hybridized carbons (Fsp3) is 0.133. The quantitative estimate of drug-likeness (QED) is 0.779. The number of pyridine rings is 1. The van der Waals surface area contributed by atoms with Crippen molar-refractivity contribution in [2.45, 2.75) is 6.92 Å². The van der Waals surface area contributed by atoms with Crippen LogP contribution in [-0.4, -0.2) is 23.4 Å². The monoisotopic (exact) mass is 366 g/mol. The summed E-state index contributed by atoms with van der Waals surface area (Å²) in [6.45, 7) is 1.74. The van der Waals surface area contributed by atoms with Crippen molar-refractivity contribution in [2.24, 2.45) is 0 Å². The first-order chi connectivity index (χ1) is 10.5. The van der Waals surface area contributed by atoms with Gasteiger partial charge in [-0.3, -0.25) is 14.2 Å². The Morgan fingerprint density at radius 3 is 2.55 bits per heavy atom. The highest BCUT2D eigenvalue weighted by atomic mass is 79.9. The smallest absolute Gasteiger partial charge is 0.356 e. The molecule has 1 heterocycles. The molecule has 1 aromatic heterocycles. The molecular weight excluding hydrogens is 357 g/mol. The predicted octanol–water partition coefficient (Wildman–Crippen LogP) is 2.37. The molecule has 0 unspecified atom stereocenters. The Bertz CT molecular complexity index is 783. The van der Waals surface area contributed by atoms with Crippen LogP contribution < -0.4 is 5.56 Å². The van der Waals surface area contributed by atoms with Crippen LogP contribution in [0.5, 0.6) is 0 Å². The second-order valence-corrected chi connectivity index (χ2v) is 5.05. The van der Waals surface area contributed by atoms with Gasteiger partial charge in [0.05, 0.1) is 16.6 Å². The summed E-state index contributed by atoms with van der Waals surface area (Å²) in [6, 6.07) is 6.12. The largest absolute Gasteiger partial charge is 0.461 e. The van der Waals surface area contributed by atoms with Crippen LogP contribution in [0.2, 0.25) is 0 Å². The van der Waals surface area contributed by atoms with E-state index in [-0.39, 0.29) is 28.0 Å². The van der Waals surface area contributed by atoms with Gasteiger partial charge in [0.2, 0.25) is 6.29 Å². The fourth-order valence-corrected chi connectivity index (χ4v) is 2.45. The highest BCUT2D eigenvalue weighted by Crippen LogP contribution is 2.21. The molecule has 0 aliphatic rings. The molecule has 0 saturated carbocycles. The Kier molecular flexibility index (Phi) is 4.87. The number of rotatable bonds is 4. The number of aromatic nitrogens is 1. The van der Waals surface area contributed by atoms with Crippen LogP contribution in [0, 0.1) is 5.82 Å². The molecule has 1 aromatic carbocycles. The third-order valence-electron chi connectivity index (χ3n) is 2.82. The number of hydrogen-bond donors (Lipinski definition) is 0. The van der Waals surface area contributed by atoms with Crippen molar-refractivity contribution >= 4 is 28.2 Å². The van der Waals surface area contributed by atoms with Crippen molar-refractivity contribution < 1.29 is 18.7 Å². The highest BCUT2D eigenvalue weighted by Gasteiger charge is 2.22. The Morgan fingerprint density at radius 2 is 2.00 bits per heavy atom. The van der Waals surface area contributed by atoms with Crippen molar-refractivity contribution in [1.29, 1.82) is 0 Å². The van der Waals surface area contributed by atoms with Gasteiger partial charge in [0.25, 0.3) is 5.56 Å². The predicted molar refractivity (Wildman–Crippen MR) is 80.4 cm³/mol.